The van der Waals surface area contributed by atoms with E-state index >= 15 is 0 Å². The van der Waals surface area contributed by atoms with Gasteiger partial charge < -0.3 is 10.2 Å². The molecule has 0 bridgehead atoms. The molecule has 1 atom stereocenters. The van der Waals surface area contributed by atoms with Crippen LogP contribution in [0, 0.1) is 5.82 Å². The first-order valence-electron chi connectivity index (χ1n) is 4.02. The molecule has 1 rings (SSSR count). The van der Waals surface area contributed by atoms with Gasteiger partial charge in [0.2, 0.25) is 0 Å². The van der Waals surface area contributed by atoms with E-state index in [2.05, 4.69) is 0 Å². The Morgan fingerprint density at radius 2 is 1.87 bits per heavy atom. The minimum Gasteiger partial charge on any atom is -0.393 e. The highest BCUT2D eigenvalue weighted by atomic mass is 19.4. The summed E-state index contributed by atoms with van der Waals surface area (Å²) in [7, 11) is 0. The predicted molar refractivity (Wildman–Crippen MR) is 43.4 cm³/mol. The quantitative estimate of drug-likeness (QED) is 0.753. The molecular weight excluding hydrogens is 216 g/mol. The first-order chi connectivity index (χ1) is 6.86. The number of halogens is 4. The van der Waals surface area contributed by atoms with E-state index < -0.39 is 35.8 Å². The topological polar surface area (TPSA) is 40.5 Å². The SMILES string of the molecule is OC[C@H](O)c1cc(C(F)(F)F)ccc1F. The van der Waals surface area contributed by atoms with Crippen LogP contribution in [0.15, 0.2) is 18.2 Å². The van der Waals surface area contributed by atoms with E-state index in [9.17, 15) is 17.6 Å². The molecule has 0 aromatic heterocycles. The van der Waals surface area contributed by atoms with Gasteiger partial charge in [0.05, 0.1) is 12.2 Å². The van der Waals surface area contributed by atoms with E-state index in [1.54, 1.807) is 0 Å². The lowest BCUT2D eigenvalue weighted by molar-refractivity contribution is -0.137. The third kappa shape index (κ3) is 2.66. The highest BCUT2D eigenvalue weighted by Crippen LogP contribution is 2.31. The van der Waals surface area contributed by atoms with Crippen LogP contribution in [0.5, 0.6) is 0 Å². The van der Waals surface area contributed by atoms with Crippen molar-refractivity contribution in [2.24, 2.45) is 0 Å². The van der Waals surface area contributed by atoms with Crippen molar-refractivity contribution >= 4 is 0 Å². The summed E-state index contributed by atoms with van der Waals surface area (Å²) in [6.45, 7) is -0.835. The Hall–Kier alpha value is -1.14. The molecule has 84 valence electrons. The van der Waals surface area contributed by atoms with Gasteiger partial charge in [-0.05, 0) is 18.2 Å². The molecule has 1 aromatic rings. The summed E-state index contributed by atoms with van der Waals surface area (Å²) in [4.78, 5) is 0. The Labute approximate surface area is 82.8 Å². The molecule has 0 unspecified atom stereocenters. The van der Waals surface area contributed by atoms with E-state index in [0.29, 0.717) is 18.2 Å². The van der Waals surface area contributed by atoms with Crippen molar-refractivity contribution in [1.82, 2.24) is 0 Å². The van der Waals surface area contributed by atoms with Crippen molar-refractivity contribution in [3.8, 4) is 0 Å². The maximum absolute atomic E-state index is 13.0. The zero-order valence-corrected chi connectivity index (χ0v) is 7.42. The average Bonchev–Trinajstić information content (AvgIpc) is 2.15. The highest BCUT2D eigenvalue weighted by Gasteiger charge is 2.31. The number of alkyl halides is 3. The van der Waals surface area contributed by atoms with Crippen LogP contribution in [0.4, 0.5) is 17.6 Å². The van der Waals surface area contributed by atoms with Crippen LogP contribution >= 0.6 is 0 Å². The van der Waals surface area contributed by atoms with Crippen molar-refractivity contribution in [1.29, 1.82) is 0 Å². The lowest BCUT2D eigenvalue weighted by atomic mass is 10.1. The van der Waals surface area contributed by atoms with Gasteiger partial charge in [0.1, 0.15) is 11.9 Å². The van der Waals surface area contributed by atoms with E-state index in [0.717, 1.165) is 0 Å². The van der Waals surface area contributed by atoms with Gasteiger partial charge in [-0.3, -0.25) is 0 Å². The van der Waals surface area contributed by atoms with Gasteiger partial charge in [-0.25, -0.2) is 4.39 Å². The van der Waals surface area contributed by atoms with E-state index in [4.69, 9.17) is 10.2 Å². The van der Waals surface area contributed by atoms with Gasteiger partial charge in [-0.2, -0.15) is 13.2 Å². The molecule has 0 aliphatic carbocycles. The van der Waals surface area contributed by atoms with Crippen LogP contribution in [0.1, 0.15) is 17.2 Å². The predicted octanol–water partition coefficient (Wildman–Crippen LogP) is 1.87. The Bertz CT molecular complexity index is 348. The third-order valence-electron chi connectivity index (χ3n) is 1.86. The molecule has 0 heterocycles. The molecule has 1 aromatic carbocycles. The largest absolute Gasteiger partial charge is 0.416 e. The lowest BCUT2D eigenvalue weighted by Gasteiger charge is -2.12. The first-order valence-corrected chi connectivity index (χ1v) is 4.02. The summed E-state index contributed by atoms with van der Waals surface area (Å²) in [6.07, 6.45) is -6.25. The number of rotatable bonds is 2. The Balaban J connectivity index is 3.17. The molecule has 2 N–H and O–H groups in total. The standard InChI is InChI=1S/C9H8F4O2/c10-7-2-1-5(9(11,12)13)3-6(7)8(15)4-14/h1-3,8,14-15H,4H2/t8-/m0/s1. The van der Waals surface area contributed by atoms with Crippen molar-refractivity contribution in [3.63, 3.8) is 0 Å². The van der Waals surface area contributed by atoms with Gasteiger partial charge in [0, 0.05) is 5.56 Å². The van der Waals surface area contributed by atoms with Crippen molar-refractivity contribution in [3.05, 3.63) is 35.1 Å². The number of aliphatic hydroxyl groups is 2. The van der Waals surface area contributed by atoms with Gasteiger partial charge >= 0.3 is 6.18 Å². The monoisotopic (exact) mass is 224 g/mol. The number of hydrogen-bond acceptors (Lipinski definition) is 2. The molecule has 15 heavy (non-hydrogen) atoms. The normalized spacial score (nSPS) is 14.0. The molecular formula is C9H8F4O2. The number of hydrogen-bond donors (Lipinski definition) is 2. The van der Waals surface area contributed by atoms with E-state index in [1.165, 1.54) is 0 Å². The van der Waals surface area contributed by atoms with Crippen LogP contribution in [0.3, 0.4) is 0 Å². The van der Waals surface area contributed by atoms with Crippen LogP contribution < -0.4 is 0 Å². The minimum atomic E-state index is -4.60. The molecule has 0 spiro atoms. The zero-order chi connectivity index (χ0) is 11.6. The summed E-state index contributed by atoms with van der Waals surface area (Å²) < 4.78 is 49.6. The molecule has 0 aliphatic rings. The highest BCUT2D eigenvalue weighted by molar-refractivity contribution is 5.28. The van der Waals surface area contributed by atoms with Crippen molar-refractivity contribution in [2.45, 2.75) is 12.3 Å². The summed E-state index contributed by atoms with van der Waals surface area (Å²) in [5, 5.41) is 17.6. The van der Waals surface area contributed by atoms with Gasteiger partial charge in [0.15, 0.2) is 0 Å². The fourth-order valence-corrected chi connectivity index (χ4v) is 1.07. The molecule has 0 aliphatic heterocycles. The molecule has 0 saturated carbocycles. The molecule has 0 fully saturated rings. The smallest absolute Gasteiger partial charge is 0.393 e. The second-order valence-electron chi connectivity index (χ2n) is 2.93. The zero-order valence-electron chi connectivity index (χ0n) is 7.42. The second-order valence-corrected chi connectivity index (χ2v) is 2.93. The van der Waals surface area contributed by atoms with Crippen LogP contribution in [0.25, 0.3) is 0 Å². The Kier molecular flexibility index (Phi) is 3.31. The molecule has 0 amide bonds. The van der Waals surface area contributed by atoms with Crippen LogP contribution in [-0.2, 0) is 6.18 Å². The molecule has 0 radical (unpaired) electrons. The first kappa shape index (κ1) is 11.9. The maximum Gasteiger partial charge on any atom is 0.416 e. The summed E-state index contributed by atoms with van der Waals surface area (Å²) >= 11 is 0. The lowest BCUT2D eigenvalue weighted by Crippen LogP contribution is -2.10. The average molecular weight is 224 g/mol. The third-order valence-corrected chi connectivity index (χ3v) is 1.86. The van der Waals surface area contributed by atoms with Gasteiger partial charge in [-0.1, -0.05) is 0 Å². The second kappa shape index (κ2) is 4.16. The number of aliphatic hydroxyl groups excluding tert-OH is 2. The summed E-state index contributed by atoms with van der Waals surface area (Å²) in [6, 6.07) is 1.66. The van der Waals surface area contributed by atoms with Gasteiger partial charge in [0.25, 0.3) is 0 Å². The number of benzene rings is 1. The van der Waals surface area contributed by atoms with E-state index in [1.807, 2.05) is 0 Å². The maximum atomic E-state index is 13.0. The van der Waals surface area contributed by atoms with E-state index in [-0.39, 0.29) is 0 Å². The summed E-state index contributed by atoms with van der Waals surface area (Å²) in [5.74, 6) is -0.982. The summed E-state index contributed by atoms with van der Waals surface area (Å²) in [5.41, 5.74) is -1.63. The molecule has 6 heteroatoms. The van der Waals surface area contributed by atoms with Crippen molar-refractivity contribution < 1.29 is 27.8 Å². The van der Waals surface area contributed by atoms with Crippen LogP contribution in [0.2, 0.25) is 0 Å². The van der Waals surface area contributed by atoms with Crippen molar-refractivity contribution in [2.75, 3.05) is 6.61 Å². The fourth-order valence-electron chi connectivity index (χ4n) is 1.07. The fraction of sp³-hybridized carbons (Fsp3) is 0.333. The Morgan fingerprint density at radius 3 is 2.33 bits per heavy atom. The molecule has 0 saturated heterocycles. The van der Waals surface area contributed by atoms with Crippen LogP contribution in [-0.4, -0.2) is 16.8 Å². The van der Waals surface area contributed by atoms with Gasteiger partial charge in [-0.15, -0.1) is 0 Å². The minimum absolute atomic E-state index is 0.482. The Morgan fingerprint density at radius 1 is 1.27 bits per heavy atom. The molecule has 2 nitrogen and oxygen atoms in total.